The van der Waals surface area contributed by atoms with Crippen LogP contribution in [0.1, 0.15) is 11.3 Å². The second kappa shape index (κ2) is 5.05. The van der Waals surface area contributed by atoms with Gasteiger partial charge >= 0.3 is 5.88 Å². The van der Waals surface area contributed by atoms with E-state index < -0.39 is 22.4 Å². The minimum atomic E-state index is -0.671. The van der Waals surface area contributed by atoms with Crippen LogP contribution in [0.25, 0.3) is 0 Å². The van der Waals surface area contributed by atoms with Crippen molar-refractivity contribution in [2.45, 2.75) is 13.5 Å². The molecule has 19 heavy (non-hydrogen) atoms. The number of nitro groups is 1. The Bertz CT molecular complexity index is 625. The Morgan fingerprint density at radius 1 is 1.32 bits per heavy atom. The van der Waals surface area contributed by atoms with E-state index in [1.807, 2.05) is 0 Å². The molecule has 0 amide bonds. The van der Waals surface area contributed by atoms with Gasteiger partial charge in [-0.25, -0.2) is 8.78 Å². The predicted molar refractivity (Wildman–Crippen MR) is 63.8 cm³/mol. The van der Waals surface area contributed by atoms with Gasteiger partial charge in [0.25, 0.3) is 0 Å². The lowest BCUT2D eigenvalue weighted by atomic mass is 10.2. The molecule has 1 N–H and O–H groups in total. The van der Waals surface area contributed by atoms with Crippen molar-refractivity contribution in [2.24, 2.45) is 0 Å². The number of rotatable bonds is 4. The topological polar surface area (TPSA) is 68.3 Å². The molecule has 0 saturated carbocycles. The van der Waals surface area contributed by atoms with E-state index in [9.17, 15) is 18.9 Å². The summed E-state index contributed by atoms with van der Waals surface area (Å²) in [5.41, 5.74) is 0.179. The number of hydrogen-bond acceptors (Lipinski definition) is 4. The van der Waals surface area contributed by atoms with Gasteiger partial charge in [0.1, 0.15) is 22.3 Å². The number of furan rings is 1. The average Bonchev–Trinajstić information content (AvgIpc) is 2.81. The molecule has 0 fully saturated rings. The van der Waals surface area contributed by atoms with Gasteiger partial charge in [0.2, 0.25) is 0 Å². The van der Waals surface area contributed by atoms with Crippen molar-refractivity contribution in [3.8, 4) is 0 Å². The summed E-state index contributed by atoms with van der Waals surface area (Å²) in [6, 6.07) is 4.70. The second-order valence-electron chi connectivity index (χ2n) is 3.93. The molecule has 2 rings (SSSR count). The molecule has 5 nitrogen and oxygen atoms in total. The van der Waals surface area contributed by atoms with Crippen molar-refractivity contribution in [3.05, 3.63) is 57.3 Å². The molecule has 0 unspecified atom stereocenters. The fourth-order valence-electron chi connectivity index (χ4n) is 1.52. The summed E-state index contributed by atoms with van der Waals surface area (Å²) in [6.07, 6.45) is 0. The van der Waals surface area contributed by atoms with Gasteiger partial charge in [-0.3, -0.25) is 10.1 Å². The van der Waals surface area contributed by atoms with Gasteiger partial charge in [0, 0.05) is 6.07 Å². The first kappa shape index (κ1) is 13.0. The molecule has 0 aliphatic heterocycles. The minimum absolute atomic E-state index is 0.0211. The summed E-state index contributed by atoms with van der Waals surface area (Å²) in [6.45, 7) is 1.48. The molecule has 0 radical (unpaired) electrons. The summed E-state index contributed by atoms with van der Waals surface area (Å²) in [5, 5.41) is 13.0. The predicted octanol–water partition coefficient (Wildman–Crippen LogP) is 3.39. The molecular formula is C12H10F2N2O3. The SMILES string of the molecule is Cc1cc(F)c(NCc2ccc([N+](=O)[O-])o2)cc1F. The van der Waals surface area contributed by atoms with Crippen molar-refractivity contribution in [3.63, 3.8) is 0 Å². The maximum atomic E-state index is 13.5. The largest absolute Gasteiger partial charge is 0.433 e. The van der Waals surface area contributed by atoms with E-state index in [4.69, 9.17) is 4.42 Å². The van der Waals surface area contributed by atoms with Crippen LogP contribution in [0.3, 0.4) is 0 Å². The Morgan fingerprint density at radius 2 is 2.05 bits per heavy atom. The van der Waals surface area contributed by atoms with E-state index in [1.54, 1.807) is 0 Å². The molecule has 0 atom stereocenters. The molecule has 0 saturated heterocycles. The first-order chi connectivity index (χ1) is 8.97. The number of nitrogens with zero attached hydrogens (tertiary/aromatic N) is 1. The molecule has 7 heteroatoms. The Morgan fingerprint density at radius 3 is 2.68 bits per heavy atom. The standard InChI is InChI=1S/C12H10F2N2O3/c1-7-4-10(14)11(5-9(7)13)15-6-8-2-3-12(19-8)16(17)18/h2-5,15H,6H2,1H3. The molecule has 0 aliphatic rings. The highest BCUT2D eigenvalue weighted by Gasteiger charge is 2.12. The Balaban J connectivity index is 2.09. The monoisotopic (exact) mass is 268 g/mol. The number of hydrogen-bond donors (Lipinski definition) is 1. The third-order valence-electron chi connectivity index (χ3n) is 2.53. The van der Waals surface area contributed by atoms with Crippen molar-refractivity contribution >= 4 is 11.6 Å². The van der Waals surface area contributed by atoms with Gasteiger partial charge in [0.05, 0.1) is 18.3 Å². The molecule has 0 aliphatic carbocycles. The van der Waals surface area contributed by atoms with Crippen LogP contribution in [0, 0.1) is 28.7 Å². The first-order valence-corrected chi connectivity index (χ1v) is 5.40. The lowest BCUT2D eigenvalue weighted by molar-refractivity contribution is -0.402. The molecule has 1 heterocycles. The number of aryl methyl sites for hydroxylation is 1. The first-order valence-electron chi connectivity index (χ1n) is 5.40. The highest BCUT2D eigenvalue weighted by molar-refractivity contribution is 5.47. The van der Waals surface area contributed by atoms with Crippen LogP contribution in [-0.2, 0) is 6.54 Å². The van der Waals surface area contributed by atoms with Gasteiger partial charge in [-0.2, -0.15) is 0 Å². The molecule has 0 bridgehead atoms. The minimum Gasteiger partial charge on any atom is -0.404 e. The van der Waals surface area contributed by atoms with Crippen LogP contribution in [0.5, 0.6) is 0 Å². The van der Waals surface area contributed by atoms with E-state index in [2.05, 4.69) is 5.32 Å². The van der Waals surface area contributed by atoms with Crippen LogP contribution in [-0.4, -0.2) is 4.92 Å². The summed E-state index contributed by atoms with van der Waals surface area (Å²) in [4.78, 5) is 9.74. The van der Waals surface area contributed by atoms with Crippen LogP contribution < -0.4 is 5.32 Å². The van der Waals surface area contributed by atoms with E-state index in [0.29, 0.717) is 0 Å². The quantitative estimate of drug-likeness (QED) is 0.681. The van der Waals surface area contributed by atoms with Gasteiger partial charge in [0.15, 0.2) is 0 Å². The molecule has 2 aromatic rings. The number of halogens is 2. The Kier molecular flexibility index (Phi) is 3.46. The summed E-state index contributed by atoms with van der Waals surface area (Å²) in [7, 11) is 0. The van der Waals surface area contributed by atoms with Gasteiger partial charge in [-0.1, -0.05) is 0 Å². The van der Waals surface area contributed by atoms with Crippen molar-refractivity contribution in [2.75, 3.05) is 5.32 Å². The van der Waals surface area contributed by atoms with Crippen molar-refractivity contribution in [1.82, 2.24) is 0 Å². The summed E-state index contributed by atoms with van der Waals surface area (Å²) < 4.78 is 31.7. The second-order valence-corrected chi connectivity index (χ2v) is 3.93. The third-order valence-corrected chi connectivity index (χ3v) is 2.53. The third kappa shape index (κ3) is 2.87. The molecular weight excluding hydrogens is 258 g/mol. The lowest BCUT2D eigenvalue weighted by Gasteiger charge is -2.07. The van der Waals surface area contributed by atoms with Crippen LogP contribution in [0.2, 0.25) is 0 Å². The lowest BCUT2D eigenvalue weighted by Crippen LogP contribution is -2.02. The molecule has 1 aromatic carbocycles. The fraction of sp³-hybridized carbons (Fsp3) is 0.167. The number of benzene rings is 1. The number of nitrogens with one attached hydrogen (secondary N) is 1. The molecule has 0 spiro atoms. The maximum Gasteiger partial charge on any atom is 0.433 e. The van der Waals surface area contributed by atoms with Crippen LogP contribution in [0.4, 0.5) is 20.4 Å². The fourth-order valence-corrected chi connectivity index (χ4v) is 1.52. The highest BCUT2D eigenvalue weighted by Crippen LogP contribution is 2.21. The zero-order valence-corrected chi connectivity index (χ0v) is 9.94. The maximum absolute atomic E-state index is 13.5. The van der Waals surface area contributed by atoms with Crippen molar-refractivity contribution in [1.29, 1.82) is 0 Å². The highest BCUT2D eigenvalue weighted by atomic mass is 19.1. The van der Waals surface area contributed by atoms with E-state index in [-0.39, 0.29) is 23.6 Å². The van der Waals surface area contributed by atoms with E-state index in [0.717, 1.165) is 12.1 Å². The zero-order valence-electron chi connectivity index (χ0n) is 9.94. The van der Waals surface area contributed by atoms with Crippen molar-refractivity contribution < 1.29 is 18.1 Å². The van der Waals surface area contributed by atoms with Gasteiger partial charge < -0.3 is 9.73 Å². The normalized spacial score (nSPS) is 10.5. The van der Waals surface area contributed by atoms with Crippen LogP contribution in [0.15, 0.2) is 28.7 Å². The average molecular weight is 268 g/mol. The van der Waals surface area contributed by atoms with E-state index in [1.165, 1.54) is 19.1 Å². The Labute approximate surface area is 107 Å². The smallest absolute Gasteiger partial charge is 0.404 e. The zero-order chi connectivity index (χ0) is 14.0. The van der Waals surface area contributed by atoms with Gasteiger partial charge in [-0.05, 0) is 24.6 Å². The van der Waals surface area contributed by atoms with Gasteiger partial charge in [-0.15, -0.1) is 0 Å². The van der Waals surface area contributed by atoms with Crippen LogP contribution >= 0.6 is 0 Å². The Hall–Kier alpha value is -2.44. The number of anilines is 1. The summed E-state index contributed by atoms with van der Waals surface area (Å²) in [5.74, 6) is -1.27. The molecule has 100 valence electrons. The van der Waals surface area contributed by atoms with E-state index >= 15 is 0 Å². The summed E-state index contributed by atoms with van der Waals surface area (Å²) >= 11 is 0. The molecule has 1 aromatic heterocycles.